The van der Waals surface area contributed by atoms with Crippen LogP contribution in [0.1, 0.15) is 5.56 Å². The van der Waals surface area contributed by atoms with Gasteiger partial charge in [-0.3, -0.25) is 0 Å². The zero-order valence-electron chi connectivity index (χ0n) is 26.0. The fraction of sp³-hybridized carbons (Fsp3) is 0.0455. The molecule has 220 valence electrons. The van der Waals surface area contributed by atoms with Crippen molar-refractivity contribution < 1.29 is 0 Å². The largest absolute Gasteiger partial charge is 0.342 e. The fourth-order valence-electron chi connectivity index (χ4n) is 8.30. The highest BCUT2D eigenvalue weighted by molar-refractivity contribution is 7.00. The predicted molar refractivity (Wildman–Crippen MR) is 199 cm³/mol. The summed E-state index contributed by atoms with van der Waals surface area (Å²) in [5.74, 6) is 0. The first-order chi connectivity index (χ1) is 23.3. The first-order valence-electron chi connectivity index (χ1n) is 16.6. The molecule has 7 aromatic rings. The molecular formula is C44H31BN2. The maximum atomic E-state index is 2.63. The second-order valence-corrected chi connectivity index (χ2v) is 12.8. The van der Waals surface area contributed by atoms with Crippen LogP contribution in [-0.4, -0.2) is 13.3 Å². The van der Waals surface area contributed by atoms with Gasteiger partial charge in [0, 0.05) is 35.0 Å². The number of anilines is 5. The number of nitrogens with zero attached hydrogens (tertiary/aromatic N) is 2. The molecule has 0 radical (unpaired) electrons. The Labute approximate surface area is 276 Å². The molecule has 3 heteroatoms. The van der Waals surface area contributed by atoms with Gasteiger partial charge in [0.15, 0.2) is 0 Å². The molecule has 0 unspecified atom stereocenters. The van der Waals surface area contributed by atoms with Crippen molar-refractivity contribution in [2.45, 2.75) is 6.42 Å². The van der Waals surface area contributed by atoms with E-state index in [1.54, 1.807) is 0 Å². The summed E-state index contributed by atoms with van der Waals surface area (Å²) in [5.41, 5.74) is 19.7. The lowest BCUT2D eigenvalue weighted by Crippen LogP contribution is -2.61. The van der Waals surface area contributed by atoms with Gasteiger partial charge in [0.2, 0.25) is 0 Å². The van der Waals surface area contributed by atoms with Crippen LogP contribution in [-0.2, 0) is 6.42 Å². The molecule has 10 rings (SSSR count). The average molecular weight is 599 g/mol. The average Bonchev–Trinajstić information content (AvgIpc) is 3.60. The number of benzene rings is 7. The van der Waals surface area contributed by atoms with Gasteiger partial charge in [-0.15, -0.1) is 0 Å². The van der Waals surface area contributed by atoms with E-state index < -0.39 is 0 Å². The maximum absolute atomic E-state index is 2.63. The summed E-state index contributed by atoms with van der Waals surface area (Å²) in [4.78, 5) is 5.15. The van der Waals surface area contributed by atoms with Gasteiger partial charge in [-0.2, -0.15) is 0 Å². The van der Waals surface area contributed by atoms with Crippen molar-refractivity contribution in [1.82, 2.24) is 0 Å². The summed E-state index contributed by atoms with van der Waals surface area (Å²) >= 11 is 0. The van der Waals surface area contributed by atoms with Gasteiger partial charge in [0.25, 0.3) is 6.71 Å². The fourth-order valence-corrected chi connectivity index (χ4v) is 8.30. The summed E-state index contributed by atoms with van der Waals surface area (Å²) in [7, 11) is 0. The van der Waals surface area contributed by atoms with E-state index in [0.717, 1.165) is 13.0 Å². The van der Waals surface area contributed by atoms with Crippen molar-refractivity contribution in [3.8, 4) is 33.4 Å². The normalized spacial score (nSPS) is 13.7. The van der Waals surface area contributed by atoms with Crippen LogP contribution in [0.15, 0.2) is 164 Å². The maximum Gasteiger partial charge on any atom is 0.252 e. The molecule has 2 nitrogen and oxygen atoms in total. The van der Waals surface area contributed by atoms with Gasteiger partial charge in [0.05, 0.1) is 0 Å². The van der Waals surface area contributed by atoms with E-state index in [-0.39, 0.29) is 6.71 Å². The van der Waals surface area contributed by atoms with E-state index >= 15 is 0 Å². The Kier molecular flexibility index (Phi) is 5.83. The molecule has 7 aromatic carbocycles. The molecule has 0 aliphatic carbocycles. The Morgan fingerprint density at radius 2 is 1.02 bits per heavy atom. The zero-order valence-corrected chi connectivity index (χ0v) is 26.0. The smallest absolute Gasteiger partial charge is 0.252 e. The van der Waals surface area contributed by atoms with E-state index in [2.05, 4.69) is 174 Å². The Bertz CT molecular complexity index is 2300. The van der Waals surface area contributed by atoms with E-state index in [4.69, 9.17) is 0 Å². The van der Waals surface area contributed by atoms with Gasteiger partial charge in [0.1, 0.15) is 0 Å². The van der Waals surface area contributed by atoms with Crippen molar-refractivity contribution >= 4 is 51.5 Å². The van der Waals surface area contributed by atoms with Crippen molar-refractivity contribution in [2.75, 3.05) is 16.3 Å². The number of rotatable bonds is 4. The van der Waals surface area contributed by atoms with Crippen LogP contribution in [0.5, 0.6) is 0 Å². The number of hydrogen-bond acceptors (Lipinski definition) is 2. The predicted octanol–water partition coefficient (Wildman–Crippen LogP) is 8.99. The van der Waals surface area contributed by atoms with Crippen LogP contribution < -0.4 is 26.2 Å². The van der Waals surface area contributed by atoms with E-state index in [0.29, 0.717) is 0 Å². The highest BCUT2D eigenvalue weighted by Crippen LogP contribution is 2.47. The monoisotopic (exact) mass is 598 g/mol. The summed E-state index contributed by atoms with van der Waals surface area (Å²) in [5, 5.41) is 0. The quantitative estimate of drug-likeness (QED) is 0.187. The summed E-state index contributed by atoms with van der Waals surface area (Å²) in [6.45, 7) is 1.12. The molecule has 0 aromatic heterocycles. The highest BCUT2D eigenvalue weighted by Gasteiger charge is 2.45. The number of para-hydroxylation sites is 1. The van der Waals surface area contributed by atoms with Crippen molar-refractivity contribution in [3.63, 3.8) is 0 Å². The topological polar surface area (TPSA) is 6.48 Å². The minimum Gasteiger partial charge on any atom is -0.342 e. The zero-order chi connectivity index (χ0) is 30.9. The first kappa shape index (κ1) is 26.4. The van der Waals surface area contributed by atoms with Crippen LogP contribution in [0.4, 0.5) is 28.4 Å². The molecule has 3 aliphatic heterocycles. The van der Waals surface area contributed by atoms with Crippen LogP contribution in [0.2, 0.25) is 0 Å². The Morgan fingerprint density at radius 3 is 1.72 bits per heavy atom. The van der Waals surface area contributed by atoms with Crippen molar-refractivity contribution in [1.29, 1.82) is 0 Å². The Morgan fingerprint density at radius 1 is 0.447 bits per heavy atom. The SMILES string of the molecule is c1ccc(-c2ccc3c(c2)N(c2ccccc2)c2cc(-c4ccccc4)cc4c2B3c2ccc(-c3ccccc3)c3c2N4CC3)cc1. The summed E-state index contributed by atoms with van der Waals surface area (Å²) in [6, 6.07) is 60.3. The first-order valence-corrected chi connectivity index (χ1v) is 16.6. The lowest BCUT2D eigenvalue weighted by Gasteiger charge is -2.43. The molecule has 3 heterocycles. The molecule has 0 saturated heterocycles. The van der Waals surface area contributed by atoms with Crippen LogP contribution in [0.3, 0.4) is 0 Å². The molecule has 0 amide bonds. The van der Waals surface area contributed by atoms with Gasteiger partial charge < -0.3 is 9.80 Å². The molecule has 0 spiro atoms. The minimum absolute atomic E-state index is 0.137. The van der Waals surface area contributed by atoms with Crippen molar-refractivity contribution in [2.24, 2.45) is 0 Å². The lowest BCUT2D eigenvalue weighted by molar-refractivity contribution is 1.00. The molecule has 0 fully saturated rings. The molecule has 3 aliphatic rings. The minimum atomic E-state index is 0.137. The summed E-state index contributed by atoms with van der Waals surface area (Å²) in [6.07, 6.45) is 1.03. The van der Waals surface area contributed by atoms with E-state index in [1.165, 1.54) is 83.8 Å². The van der Waals surface area contributed by atoms with Crippen LogP contribution in [0.25, 0.3) is 33.4 Å². The molecule has 0 bridgehead atoms. The summed E-state index contributed by atoms with van der Waals surface area (Å²) < 4.78 is 0. The molecule has 47 heavy (non-hydrogen) atoms. The highest BCUT2D eigenvalue weighted by atomic mass is 15.2. The molecule has 0 saturated carbocycles. The molecule has 0 N–H and O–H groups in total. The molecule has 0 atom stereocenters. The second-order valence-electron chi connectivity index (χ2n) is 12.8. The number of hydrogen-bond donors (Lipinski definition) is 0. The van der Waals surface area contributed by atoms with Crippen LogP contribution >= 0.6 is 0 Å². The third kappa shape index (κ3) is 3.99. The van der Waals surface area contributed by atoms with Gasteiger partial charge >= 0.3 is 0 Å². The van der Waals surface area contributed by atoms with E-state index in [1.807, 2.05) is 0 Å². The van der Waals surface area contributed by atoms with E-state index in [9.17, 15) is 0 Å². The third-order valence-electron chi connectivity index (χ3n) is 10.3. The van der Waals surface area contributed by atoms with Crippen molar-refractivity contribution in [3.05, 3.63) is 169 Å². The molecular weight excluding hydrogens is 567 g/mol. The Balaban J connectivity index is 1.29. The lowest BCUT2D eigenvalue weighted by atomic mass is 9.33. The van der Waals surface area contributed by atoms with Gasteiger partial charge in [-0.25, -0.2) is 0 Å². The standard InChI is InChI=1S/C44H31BN2/c1-5-13-30(14-6-1)33-21-23-38-40(27-33)47(35-19-11-4-12-20-35)42-29-34(31-15-7-2-8-16-31)28-41-43(42)45(38)39-24-22-36(32-17-9-3-10-18-32)37-25-26-46(41)44(37)39/h1-24,27-29H,25-26H2. The van der Waals surface area contributed by atoms with Gasteiger partial charge in [-0.05, 0) is 92.1 Å². The van der Waals surface area contributed by atoms with Crippen LogP contribution in [0, 0.1) is 0 Å². The second kappa shape index (κ2) is 10.4. The Hall–Kier alpha value is -5.80. The van der Waals surface area contributed by atoms with Gasteiger partial charge in [-0.1, -0.05) is 133 Å². The number of fused-ring (bicyclic) bond motifs is 4. The third-order valence-corrected chi connectivity index (χ3v) is 10.3.